The highest BCUT2D eigenvalue weighted by molar-refractivity contribution is 7.90. The molecule has 0 radical (unpaired) electrons. The van der Waals surface area contributed by atoms with E-state index in [1.54, 1.807) is 18.3 Å². The van der Waals surface area contributed by atoms with Gasteiger partial charge in [-0.15, -0.1) is 0 Å². The Bertz CT molecular complexity index is 1480. The van der Waals surface area contributed by atoms with Gasteiger partial charge in [0, 0.05) is 37.0 Å². The van der Waals surface area contributed by atoms with Crippen molar-refractivity contribution in [1.82, 2.24) is 14.8 Å². The van der Waals surface area contributed by atoms with Gasteiger partial charge in [-0.25, -0.2) is 8.42 Å². The van der Waals surface area contributed by atoms with Crippen LogP contribution in [0.2, 0.25) is 0 Å². The van der Waals surface area contributed by atoms with Gasteiger partial charge in [0.15, 0.2) is 15.6 Å². The third-order valence-electron chi connectivity index (χ3n) is 6.79. The maximum Gasteiger partial charge on any atom is 0.175 e. The van der Waals surface area contributed by atoms with Gasteiger partial charge < -0.3 is 9.47 Å². The van der Waals surface area contributed by atoms with E-state index in [-0.39, 0.29) is 0 Å². The predicted octanol–water partition coefficient (Wildman–Crippen LogP) is 5.52. The SMILES string of the molecule is CS(=O)(=O)c1ccc(-c2ccc3c(Oc4cn(C5CC5)nc4C4CCOCC4)ccnc3c2)cc1. The van der Waals surface area contributed by atoms with Crippen LogP contribution in [0.15, 0.2) is 65.8 Å². The Labute approximate surface area is 204 Å². The zero-order valence-corrected chi connectivity index (χ0v) is 20.4. The summed E-state index contributed by atoms with van der Waals surface area (Å²) >= 11 is 0. The number of fused-ring (bicyclic) bond motifs is 1. The summed E-state index contributed by atoms with van der Waals surface area (Å²) in [4.78, 5) is 4.88. The smallest absolute Gasteiger partial charge is 0.175 e. The summed E-state index contributed by atoms with van der Waals surface area (Å²) in [6.45, 7) is 1.51. The van der Waals surface area contributed by atoms with Gasteiger partial charge in [0.25, 0.3) is 0 Å². The van der Waals surface area contributed by atoms with E-state index in [2.05, 4.69) is 9.67 Å². The second-order valence-corrected chi connectivity index (χ2v) is 11.4. The van der Waals surface area contributed by atoms with E-state index < -0.39 is 9.84 Å². The highest BCUT2D eigenvalue weighted by Crippen LogP contribution is 2.41. The third kappa shape index (κ3) is 4.56. The summed E-state index contributed by atoms with van der Waals surface area (Å²) in [5.41, 5.74) is 3.73. The first kappa shape index (κ1) is 22.2. The van der Waals surface area contributed by atoms with E-state index >= 15 is 0 Å². The fourth-order valence-corrected chi connectivity index (χ4v) is 5.28. The highest BCUT2D eigenvalue weighted by Gasteiger charge is 2.30. The molecule has 2 aromatic carbocycles. The predicted molar refractivity (Wildman–Crippen MR) is 134 cm³/mol. The number of pyridine rings is 1. The first-order chi connectivity index (χ1) is 17.0. The van der Waals surface area contributed by atoms with Gasteiger partial charge in [-0.3, -0.25) is 9.67 Å². The van der Waals surface area contributed by atoms with Gasteiger partial charge in [-0.2, -0.15) is 5.10 Å². The normalized spacial score (nSPS) is 17.1. The van der Waals surface area contributed by atoms with Crippen molar-refractivity contribution in [3.8, 4) is 22.6 Å². The number of aromatic nitrogens is 3. The molecule has 2 aromatic heterocycles. The lowest BCUT2D eigenvalue weighted by molar-refractivity contribution is 0.0839. The van der Waals surface area contributed by atoms with Crippen molar-refractivity contribution < 1.29 is 17.9 Å². The van der Waals surface area contributed by atoms with Crippen molar-refractivity contribution in [3.63, 3.8) is 0 Å². The molecule has 0 spiro atoms. The monoisotopic (exact) mass is 489 g/mol. The molecule has 0 amide bonds. The Balaban J connectivity index is 1.33. The molecule has 0 unspecified atom stereocenters. The van der Waals surface area contributed by atoms with Crippen molar-refractivity contribution in [2.24, 2.45) is 0 Å². The minimum absolute atomic E-state index is 0.308. The van der Waals surface area contributed by atoms with Crippen LogP contribution in [0.4, 0.5) is 0 Å². The standard InChI is InChI=1S/C27H27N3O4S/c1-35(31,32)22-7-2-18(3-8-22)20-4-9-23-24(16-20)28-13-10-25(23)34-26-17-30(21-5-6-21)29-27(26)19-11-14-33-15-12-19/h2-4,7-10,13,16-17,19,21H,5-6,11-12,14-15H2,1H3. The average Bonchev–Trinajstić information content (AvgIpc) is 3.64. The van der Waals surface area contributed by atoms with Gasteiger partial charge in [0.1, 0.15) is 11.4 Å². The van der Waals surface area contributed by atoms with E-state index in [1.807, 2.05) is 42.6 Å². The lowest BCUT2D eigenvalue weighted by atomic mass is 9.96. The largest absolute Gasteiger partial charge is 0.453 e. The molecule has 8 heteroatoms. The van der Waals surface area contributed by atoms with Crippen LogP contribution < -0.4 is 4.74 Å². The van der Waals surface area contributed by atoms with Crippen LogP contribution >= 0.6 is 0 Å². The number of nitrogens with zero attached hydrogens (tertiary/aromatic N) is 3. The molecule has 0 atom stereocenters. The van der Waals surface area contributed by atoms with Gasteiger partial charge in [0.2, 0.25) is 0 Å². The minimum Gasteiger partial charge on any atom is -0.453 e. The zero-order valence-electron chi connectivity index (χ0n) is 19.6. The van der Waals surface area contributed by atoms with Crippen LogP contribution in [0.1, 0.15) is 43.3 Å². The van der Waals surface area contributed by atoms with Gasteiger partial charge in [-0.1, -0.05) is 18.2 Å². The molecule has 1 aliphatic carbocycles. The summed E-state index contributed by atoms with van der Waals surface area (Å²) in [6.07, 6.45) is 9.26. The molecule has 2 aliphatic rings. The molecule has 1 saturated carbocycles. The first-order valence-corrected chi connectivity index (χ1v) is 13.9. The van der Waals surface area contributed by atoms with E-state index in [4.69, 9.17) is 14.6 Å². The second-order valence-electron chi connectivity index (χ2n) is 9.42. The summed E-state index contributed by atoms with van der Waals surface area (Å²) in [7, 11) is -3.23. The molecule has 2 fully saturated rings. The van der Waals surface area contributed by atoms with Crippen LogP contribution in [0.25, 0.3) is 22.0 Å². The Morgan fingerprint density at radius 1 is 0.943 bits per heavy atom. The molecular weight excluding hydrogens is 462 g/mol. The fourth-order valence-electron chi connectivity index (χ4n) is 4.65. The first-order valence-electron chi connectivity index (χ1n) is 12.0. The van der Waals surface area contributed by atoms with Crippen LogP contribution in [0.3, 0.4) is 0 Å². The van der Waals surface area contributed by atoms with Crippen molar-refractivity contribution in [2.45, 2.75) is 42.5 Å². The topological polar surface area (TPSA) is 83.3 Å². The van der Waals surface area contributed by atoms with Crippen LogP contribution in [-0.2, 0) is 14.6 Å². The van der Waals surface area contributed by atoms with Crippen molar-refractivity contribution in [1.29, 1.82) is 0 Å². The maximum absolute atomic E-state index is 11.8. The van der Waals surface area contributed by atoms with Crippen molar-refractivity contribution in [2.75, 3.05) is 19.5 Å². The van der Waals surface area contributed by atoms with Crippen molar-refractivity contribution in [3.05, 3.63) is 66.6 Å². The molecule has 3 heterocycles. The Hall–Kier alpha value is -3.23. The number of hydrogen-bond donors (Lipinski definition) is 0. The second kappa shape index (κ2) is 8.77. The average molecular weight is 490 g/mol. The third-order valence-corrected chi connectivity index (χ3v) is 7.92. The number of benzene rings is 2. The summed E-state index contributed by atoms with van der Waals surface area (Å²) in [5.74, 6) is 1.91. The molecule has 1 aliphatic heterocycles. The Kier molecular flexibility index (Phi) is 5.57. The van der Waals surface area contributed by atoms with Gasteiger partial charge in [0.05, 0.1) is 22.7 Å². The molecular formula is C27H27N3O4S. The quantitative estimate of drug-likeness (QED) is 0.354. The molecule has 0 bridgehead atoms. The van der Waals surface area contributed by atoms with Crippen LogP contribution in [-0.4, -0.2) is 42.7 Å². The molecule has 7 nitrogen and oxygen atoms in total. The number of sulfone groups is 1. The molecule has 180 valence electrons. The molecule has 4 aromatic rings. The van der Waals surface area contributed by atoms with E-state index in [0.717, 1.165) is 65.3 Å². The highest BCUT2D eigenvalue weighted by atomic mass is 32.2. The lowest BCUT2D eigenvalue weighted by Gasteiger charge is -2.21. The number of rotatable bonds is 6. The van der Waals surface area contributed by atoms with Crippen molar-refractivity contribution >= 4 is 20.7 Å². The molecule has 0 N–H and O–H groups in total. The number of hydrogen-bond acceptors (Lipinski definition) is 6. The molecule has 35 heavy (non-hydrogen) atoms. The summed E-state index contributed by atoms with van der Waals surface area (Å²) in [5, 5.41) is 5.85. The number of ether oxygens (including phenoxy) is 2. The fraction of sp³-hybridized carbons (Fsp3) is 0.333. The van der Waals surface area contributed by atoms with Gasteiger partial charge >= 0.3 is 0 Å². The van der Waals surface area contributed by atoms with E-state index in [1.165, 1.54) is 19.1 Å². The summed E-state index contributed by atoms with van der Waals surface area (Å²) < 4.78 is 37.7. The molecule has 1 saturated heterocycles. The van der Waals surface area contributed by atoms with E-state index in [9.17, 15) is 8.42 Å². The van der Waals surface area contributed by atoms with Crippen LogP contribution in [0.5, 0.6) is 11.5 Å². The minimum atomic E-state index is -3.23. The lowest BCUT2D eigenvalue weighted by Crippen LogP contribution is -2.15. The zero-order chi connectivity index (χ0) is 24.0. The maximum atomic E-state index is 11.8. The van der Waals surface area contributed by atoms with E-state index in [0.29, 0.717) is 16.9 Å². The van der Waals surface area contributed by atoms with Gasteiger partial charge in [-0.05, 0) is 67.1 Å². The molecule has 6 rings (SSSR count). The summed E-state index contributed by atoms with van der Waals surface area (Å²) in [6, 6.07) is 15.3. The Morgan fingerprint density at radius 3 is 2.40 bits per heavy atom. The van der Waals surface area contributed by atoms with Crippen LogP contribution in [0, 0.1) is 0 Å². The Morgan fingerprint density at radius 2 is 1.69 bits per heavy atom.